The van der Waals surface area contributed by atoms with E-state index in [4.69, 9.17) is 0 Å². The molecule has 0 bridgehead atoms. The molecule has 7 heteroatoms. The van der Waals surface area contributed by atoms with Gasteiger partial charge in [0.2, 0.25) is 0 Å². The lowest BCUT2D eigenvalue weighted by molar-refractivity contribution is -0.137. The molecule has 3 rings (SSSR count). The van der Waals surface area contributed by atoms with Gasteiger partial charge in [0.15, 0.2) is 5.82 Å². The normalized spacial score (nSPS) is 17.1. The lowest BCUT2D eigenvalue weighted by atomic mass is 9.98. The molecular formula is C14H15F3N4. The summed E-state index contributed by atoms with van der Waals surface area (Å²) >= 11 is 0. The summed E-state index contributed by atoms with van der Waals surface area (Å²) in [5, 5.41) is 10.2. The lowest BCUT2D eigenvalue weighted by Crippen LogP contribution is -2.27. The Morgan fingerprint density at radius 1 is 1.14 bits per heavy atom. The molecule has 0 saturated carbocycles. The Kier molecular flexibility index (Phi) is 3.67. The fraction of sp³-hybridized carbons (Fsp3) is 0.429. The highest BCUT2D eigenvalue weighted by Crippen LogP contribution is 2.31. The van der Waals surface area contributed by atoms with Crippen molar-refractivity contribution in [3.63, 3.8) is 0 Å². The molecule has 2 heterocycles. The Morgan fingerprint density at radius 3 is 2.62 bits per heavy atom. The van der Waals surface area contributed by atoms with E-state index in [9.17, 15) is 13.2 Å². The lowest BCUT2D eigenvalue weighted by Gasteiger charge is -2.19. The zero-order valence-electron chi connectivity index (χ0n) is 11.2. The van der Waals surface area contributed by atoms with Crippen LogP contribution in [-0.2, 0) is 6.18 Å². The maximum atomic E-state index is 12.7. The zero-order chi connectivity index (χ0) is 14.9. The maximum Gasteiger partial charge on any atom is 0.416 e. The Balaban J connectivity index is 1.86. The van der Waals surface area contributed by atoms with Crippen molar-refractivity contribution in [3.05, 3.63) is 35.7 Å². The van der Waals surface area contributed by atoms with Crippen LogP contribution in [0.25, 0.3) is 11.4 Å². The molecule has 0 aliphatic carbocycles. The fourth-order valence-electron chi connectivity index (χ4n) is 2.52. The summed E-state index contributed by atoms with van der Waals surface area (Å²) in [4.78, 5) is 4.37. The molecular weight excluding hydrogens is 281 g/mol. The van der Waals surface area contributed by atoms with Gasteiger partial charge in [0.05, 0.1) is 5.56 Å². The summed E-state index contributed by atoms with van der Waals surface area (Å²) in [5.74, 6) is 1.36. The van der Waals surface area contributed by atoms with Gasteiger partial charge >= 0.3 is 6.18 Å². The molecule has 1 saturated heterocycles. The van der Waals surface area contributed by atoms with E-state index < -0.39 is 11.7 Å². The summed E-state index contributed by atoms with van der Waals surface area (Å²) < 4.78 is 38.2. The number of benzene rings is 1. The van der Waals surface area contributed by atoms with Crippen molar-refractivity contribution in [2.24, 2.45) is 0 Å². The number of rotatable bonds is 2. The van der Waals surface area contributed by atoms with E-state index in [1.807, 2.05) is 0 Å². The summed E-state index contributed by atoms with van der Waals surface area (Å²) in [6, 6.07) is 5.09. The van der Waals surface area contributed by atoms with Gasteiger partial charge in [-0.2, -0.15) is 18.3 Å². The van der Waals surface area contributed by atoms with Crippen LogP contribution in [0.3, 0.4) is 0 Å². The molecule has 2 N–H and O–H groups in total. The quantitative estimate of drug-likeness (QED) is 0.896. The van der Waals surface area contributed by atoms with E-state index in [0.717, 1.165) is 43.9 Å². The molecule has 1 aromatic heterocycles. The number of nitrogens with zero attached hydrogens (tertiary/aromatic N) is 2. The summed E-state index contributed by atoms with van der Waals surface area (Å²) in [5.41, 5.74) is -0.311. The average Bonchev–Trinajstić information content (AvgIpc) is 2.97. The van der Waals surface area contributed by atoms with Gasteiger partial charge in [-0.3, -0.25) is 5.10 Å². The Labute approximate surface area is 119 Å². The molecule has 0 atom stereocenters. The molecule has 0 spiro atoms. The molecule has 0 amide bonds. The predicted octanol–water partition coefficient (Wildman–Crippen LogP) is 2.96. The largest absolute Gasteiger partial charge is 0.416 e. The van der Waals surface area contributed by atoms with Crippen molar-refractivity contribution in [1.82, 2.24) is 20.5 Å². The van der Waals surface area contributed by atoms with Crippen molar-refractivity contribution in [2.45, 2.75) is 24.9 Å². The third-order valence-electron chi connectivity index (χ3n) is 3.68. The van der Waals surface area contributed by atoms with E-state index in [0.29, 0.717) is 17.3 Å². The summed E-state index contributed by atoms with van der Waals surface area (Å²) in [7, 11) is 0. The van der Waals surface area contributed by atoms with Crippen LogP contribution in [0.4, 0.5) is 13.2 Å². The number of aromatic nitrogens is 3. The maximum absolute atomic E-state index is 12.7. The van der Waals surface area contributed by atoms with E-state index in [2.05, 4.69) is 20.5 Å². The first-order chi connectivity index (χ1) is 10.0. The number of piperidine rings is 1. The Hall–Kier alpha value is -1.89. The van der Waals surface area contributed by atoms with Crippen molar-refractivity contribution in [3.8, 4) is 11.4 Å². The Bertz CT molecular complexity index is 615. The molecule has 1 aliphatic rings. The number of hydrogen-bond donors (Lipinski definition) is 2. The van der Waals surface area contributed by atoms with E-state index in [1.165, 1.54) is 6.07 Å². The zero-order valence-corrected chi connectivity index (χ0v) is 11.2. The second-order valence-corrected chi connectivity index (χ2v) is 5.15. The highest BCUT2D eigenvalue weighted by Gasteiger charge is 2.30. The molecule has 21 heavy (non-hydrogen) atoms. The second-order valence-electron chi connectivity index (χ2n) is 5.15. The smallest absolute Gasteiger partial charge is 0.317 e. The van der Waals surface area contributed by atoms with Crippen molar-refractivity contribution < 1.29 is 13.2 Å². The van der Waals surface area contributed by atoms with Crippen LogP contribution in [0.5, 0.6) is 0 Å². The van der Waals surface area contributed by atoms with Gasteiger partial charge in [0.25, 0.3) is 0 Å². The fourth-order valence-corrected chi connectivity index (χ4v) is 2.52. The SMILES string of the molecule is FC(F)(F)c1cccc(-c2n[nH]c(C3CCNCC3)n2)c1. The molecule has 0 unspecified atom stereocenters. The molecule has 4 nitrogen and oxygen atoms in total. The minimum atomic E-state index is -4.36. The van der Waals surface area contributed by atoms with Crippen LogP contribution in [0.15, 0.2) is 24.3 Å². The summed E-state index contributed by atoms with van der Waals surface area (Å²) in [6.45, 7) is 1.84. The minimum absolute atomic E-state index is 0.290. The predicted molar refractivity (Wildman–Crippen MR) is 71.7 cm³/mol. The first-order valence-corrected chi connectivity index (χ1v) is 6.85. The standard InChI is InChI=1S/C14H15F3N4/c15-14(16,17)11-3-1-2-10(8-11)13-19-12(20-21-13)9-4-6-18-7-5-9/h1-3,8-9,18H,4-7H2,(H,19,20,21). The van der Waals surface area contributed by atoms with Gasteiger partial charge in [-0.15, -0.1) is 0 Å². The van der Waals surface area contributed by atoms with Crippen molar-refractivity contribution >= 4 is 0 Å². The van der Waals surface area contributed by atoms with Gasteiger partial charge in [-0.1, -0.05) is 12.1 Å². The number of alkyl halides is 3. The molecule has 1 aliphatic heterocycles. The number of hydrogen-bond acceptors (Lipinski definition) is 3. The van der Waals surface area contributed by atoms with Gasteiger partial charge in [-0.05, 0) is 38.1 Å². The van der Waals surface area contributed by atoms with E-state index >= 15 is 0 Å². The van der Waals surface area contributed by atoms with Crippen LogP contribution in [-0.4, -0.2) is 28.3 Å². The van der Waals surface area contributed by atoms with Gasteiger partial charge < -0.3 is 5.32 Å². The monoisotopic (exact) mass is 296 g/mol. The van der Waals surface area contributed by atoms with Crippen LogP contribution in [0, 0.1) is 0 Å². The van der Waals surface area contributed by atoms with E-state index in [-0.39, 0.29) is 0 Å². The molecule has 1 aromatic carbocycles. The summed E-state index contributed by atoms with van der Waals surface area (Å²) in [6.07, 6.45) is -2.45. The number of H-pyrrole nitrogens is 1. The first kappa shape index (κ1) is 14.1. The third-order valence-corrected chi connectivity index (χ3v) is 3.68. The molecule has 2 aromatic rings. The Morgan fingerprint density at radius 2 is 1.90 bits per heavy atom. The second kappa shape index (κ2) is 5.48. The number of aromatic amines is 1. The molecule has 1 fully saturated rings. The molecule has 112 valence electrons. The van der Waals surface area contributed by atoms with Gasteiger partial charge in [-0.25, -0.2) is 4.98 Å². The van der Waals surface area contributed by atoms with Crippen LogP contribution < -0.4 is 5.32 Å². The van der Waals surface area contributed by atoms with E-state index in [1.54, 1.807) is 6.07 Å². The van der Waals surface area contributed by atoms with Gasteiger partial charge in [0.1, 0.15) is 5.82 Å². The third kappa shape index (κ3) is 3.07. The topological polar surface area (TPSA) is 53.6 Å². The molecule has 0 radical (unpaired) electrons. The van der Waals surface area contributed by atoms with Crippen LogP contribution >= 0.6 is 0 Å². The van der Waals surface area contributed by atoms with Crippen molar-refractivity contribution in [2.75, 3.05) is 13.1 Å². The highest BCUT2D eigenvalue weighted by atomic mass is 19.4. The first-order valence-electron chi connectivity index (χ1n) is 6.85. The number of halogens is 3. The highest BCUT2D eigenvalue weighted by molar-refractivity contribution is 5.56. The van der Waals surface area contributed by atoms with Crippen LogP contribution in [0.2, 0.25) is 0 Å². The average molecular weight is 296 g/mol. The number of nitrogens with one attached hydrogen (secondary N) is 2. The van der Waals surface area contributed by atoms with Crippen molar-refractivity contribution in [1.29, 1.82) is 0 Å². The van der Waals surface area contributed by atoms with Crippen LogP contribution in [0.1, 0.15) is 30.1 Å². The minimum Gasteiger partial charge on any atom is -0.317 e. The van der Waals surface area contributed by atoms with Gasteiger partial charge in [0, 0.05) is 11.5 Å².